The molecule has 1 aliphatic rings. The molecule has 1 saturated carbocycles. The Kier molecular flexibility index (Phi) is 7.97. The third kappa shape index (κ3) is 6.13. The Labute approximate surface area is 170 Å². The molecule has 1 heterocycles. The van der Waals surface area contributed by atoms with Gasteiger partial charge in [-0.1, -0.05) is 51.2 Å². The van der Waals surface area contributed by atoms with Gasteiger partial charge in [0.1, 0.15) is 11.4 Å². The summed E-state index contributed by atoms with van der Waals surface area (Å²) < 4.78 is 5.56. The van der Waals surface area contributed by atoms with Gasteiger partial charge >= 0.3 is 0 Å². The van der Waals surface area contributed by atoms with Crippen molar-refractivity contribution in [3.63, 3.8) is 0 Å². The normalized spacial score (nSPS) is 18.9. The summed E-state index contributed by atoms with van der Waals surface area (Å²) in [5.41, 5.74) is 3.31. The largest absolute Gasteiger partial charge is 0.492 e. The molecule has 148 valence electrons. The third-order valence-electron chi connectivity index (χ3n) is 5.74. The number of unbranched alkanes of at least 4 members (excludes halogenated alkanes) is 1. The van der Waals surface area contributed by atoms with Crippen LogP contribution in [0.15, 0.2) is 42.6 Å². The van der Waals surface area contributed by atoms with Crippen molar-refractivity contribution < 1.29 is 4.74 Å². The molecule has 1 aliphatic carbocycles. The Balaban J connectivity index is 1.53. The molecule has 28 heavy (non-hydrogen) atoms. The minimum absolute atomic E-state index is 0.722. The first kappa shape index (κ1) is 20.5. The molecule has 0 N–H and O–H groups in total. The molecule has 0 bridgehead atoms. The highest BCUT2D eigenvalue weighted by molar-refractivity contribution is 5.42. The van der Waals surface area contributed by atoms with Crippen molar-refractivity contribution >= 4 is 0 Å². The van der Waals surface area contributed by atoms with E-state index in [2.05, 4.69) is 54.9 Å². The molecule has 0 unspecified atom stereocenters. The second kappa shape index (κ2) is 10.9. The molecule has 2 aromatic rings. The third-order valence-corrected chi connectivity index (χ3v) is 5.74. The molecule has 1 aromatic heterocycles. The van der Waals surface area contributed by atoms with E-state index in [0.29, 0.717) is 0 Å². The highest BCUT2D eigenvalue weighted by Crippen LogP contribution is 2.37. The summed E-state index contributed by atoms with van der Waals surface area (Å²) in [6.45, 7) is 5.11. The fourth-order valence-electron chi connectivity index (χ4n) is 4.01. The van der Waals surface area contributed by atoms with Crippen molar-refractivity contribution in [3.05, 3.63) is 59.4 Å². The standard InChI is InChI=1S/C26H33NO/c1-3-5-6-21-7-12-23(13-8-21)24-14-9-22(10-15-24)11-16-25-17-18-26(20-27-25)28-19-4-2/h9-10,14-15,17-18,20-21,23H,3-8,12-13,19H2,1-2H3/t21-,23-. The van der Waals surface area contributed by atoms with Gasteiger partial charge in [-0.2, -0.15) is 0 Å². The van der Waals surface area contributed by atoms with Gasteiger partial charge in [0.25, 0.3) is 0 Å². The topological polar surface area (TPSA) is 22.1 Å². The zero-order chi connectivity index (χ0) is 19.6. The number of aromatic nitrogens is 1. The molecule has 0 aliphatic heterocycles. The van der Waals surface area contributed by atoms with Crippen LogP contribution in [0.3, 0.4) is 0 Å². The van der Waals surface area contributed by atoms with Crippen LogP contribution in [0.2, 0.25) is 0 Å². The summed E-state index contributed by atoms with van der Waals surface area (Å²) in [5, 5.41) is 0. The van der Waals surface area contributed by atoms with E-state index >= 15 is 0 Å². The van der Waals surface area contributed by atoms with E-state index in [0.717, 1.165) is 41.9 Å². The van der Waals surface area contributed by atoms with Crippen LogP contribution in [0.25, 0.3) is 0 Å². The lowest BCUT2D eigenvalue weighted by Crippen LogP contribution is -2.13. The maximum Gasteiger partial charge on any atom is 0.137 e. The van der Waals surface area contributed by atoms with E-state index in [1.807, 2.05) is 12.1 Å². The van der Waals surface area contributed by atoms with E-state index in [9.17, 15) is 0 Å². The van der Waals surface area contributed by atoms with Crippen LogP contribution in [0.1, 0.15) is 88.0 Å². The van der Waals surface area contributed by atoms with Gasteiger partial charge in [0.15, 0.2) is 0 Å². The van der Waals surface area contributed by atoms with E-state index in [1.165, 1.54) is 50.5 Å². The van der Waals surface area contributed by atoms with E-state index < -0.39 is 0 Å². The van der Waals surface area contributed by atoms with Crippen LogP contribution >= 0.6 is 0 Å². The van der Waals surface area contributed by atoms with Gasteiger partial charge in [0.05, 0.1) is 12.8 Å². The van der Waals surface area contributed by atoms with E-state index in [4.69, 9.17) is 4.74 Å². The van der Waals surface area contributed by atoms with Crippen molar-refractivity contribution in [2.75, 3.05) is 6.61 Å². The quantitative estimate of drug-likeness (QED) is 0.500. The van der Waals surface area contributed by atoms with Crippen molar-refractivity contribution in [1.82, 2.24) is 4.98 Å². The fourth-order valence-corrected chi connectivity index (χ4v) is 4.01. The van der Waals surface area contributed by atoms with Crippen molar-refractivity contribution in [2.45, 2.75) is 71.1 Å². The minimum Gasteiger partial charge on any atom is -0.492 e. The molecule has 1 aromatic carbocycles. The minimum atomic E-state index is 0.722. The molecule has 2 heteroatoms. The Morgan fingerprint density at radius 2 is 1.71 bits per heavy atom. The number of nitrogens with zero attached hydrogens (tertiary/aromatic N) is 1. The van der Waals surface area contributed by atoms with E-state index in [1.54, 1.807) is 6.20 Å². The fraction of sp³-hybridized carbons (Fsp3) is 0.500. The summed E-state index contributed by atoms with van der Waals surface area (Å²) >= 11 is 0. The summed E-state index contributed by atoms with van der Waals surface area (Å²) in [5.74, 6) is 8.89. The van der Waals surface area contributed by atoms with Gasteiger partial charge < -0.3 is 4.74 Å². The van der Waals surface area contributed by atoms with E-state index in [-0.39, 0.29) is 0 Å². The summed E-state index contributed by atoms with van der Waals surface area (Å²) in [4.78, 5) is 4.37. The number of benzene rings is 1. The number of hydrogen-bond donors (Lipinski definition) is 0. The molecule has 0 amide bonds. The molecule has 0 radical (unpaired) electrons. The number of hydrogen-bond acceptors (Lipinski definition) is 2. The van der Waals surface area contributed by atoms with Crippen LogP contribution < -0.4 is 4.74 Å². The first-order chi connectivity index (χ1) is 13.8. The molecular formula is C26H33NO. The highest BCUT2D eigenvalue weighted by atomic mass is 16.5. The predicted octanol–water partition coefficient (Wildman–Crippen LogP) is 6.73. The lowest BCUT2D eigenvalue weighted by Gasteiger charge is -2.28. The van der Waals surface area contributed by atoms with Crippen molar-refractivity contribution in [2.24, 2.45) is 5.92 Å². The molecular weight excluding hydrogens is 342 g/mol. The zero-order valence-corrected chi connectivity index (χ0v) is 17.4. The Hall–Kier alpha value is -2.27. The van der Waals surface area contributed by atoms with Crippen LogP contribution in [-0.2, 0) is 0 Å². The van der Waals surface area contributed by atoms with Gasteiger partial charge in [-0.15, -0.1) is 0 Å². The maximum atomic E-state index is 5.56. The van der Waals surface area contributed by atoms with Gasteiger partial charge in [-0.25, -0.2) is 4.98 Å². The summed E-state index contributed by atoms with van der Waals surface area (Å²) in [7, 11) is 0. The molecule has 0 spiro atoms. The average molecular weight is 376 g/mol. The average Bonchev–Trinajstić information content (AvgIpc) is 2.76. The molecule has 3 rings (SSSR count). The van der Waals surface area contributed by atoms with Gasteiger partial charge in [0, 0.05) is 5.56 Å². The lowest BCUT2D eigenvalue weighted by molar-refractivity contribution is 0.304. The molecule has 0 saturated heterocycles. The lowest BCUT2D eigenvalue weighted by atomic mass is 9.77. The van der Waals surface area contributed by atoms with Crippen molar-refractivity contribution in [1.29, 1.82) is 0 Å². The zero-order valence-electron chi connectivity index (χ0n) is 17.4. The first-order valence-electron chi connectivity index (χ1n) is 11.0. The molecule has 0 atom stereocenters. The Bertz CT molecular complexity index is 759. The molecule has 1 fully saturated rings. The van der Waals surface area contributed by atoms with Gasteiger partial charge in [-0.3, -0.25) is 0 Å². The second-order valence-electron chi connectivity index (χ2n) is 7.96. The van der Waals surface area contributed by atoms with Crippen LogP contribution in [0.4, 0.5) is 0 Å². The van der Waals surface area contributed by atoms with Crippen LogP contribution in [-0.4, -0.2) is 11.6 Å². The maximum absolute atomic E-state index is 5.56. The summed E-state index contributed by atoms with van der Waals surface area (Å²) in [6, 6.07) is 12.7. The van der Waals surface area contributed by atoms with Crippen molar-refractivity contribution in [3.8, 4) is 17.6 Å². The number of rotatable bonds is 7. The van der Waals surface area contributed by atoms with Gasteiger partial charge in [0.2, 0.25) is 0 Å². The van der Waals surface area contributed by atoms with Gasteiger partial charge in [-0.05, 0) is 79.7 Å². The number of ether oxygens (including phenoxy) is 1. The Morgan fingerprint density at radius 1 is 0.929 bits per heavy atom. The monoisotopic (exact) mass is 375 g/mol. The molecule has 2 nitrogen and oxygen atoms in total. The SMILES string of the molecule is CCCC[C@H]1CC[C@H](c2ccc(C#Cc3ccc(OCCC)cn3)cc2)CC1. The number of pyridine rings is 1. The second-order valence-corrected chi connectivity index (χ2v) is 7.96. The summed E-state index contributed by atoms with van der Waals surface area (Å²) in [6.07, 6.45) is 12.4. The first-order valence-corrected chi connectivity index (χ1v) is 11.0. The smallest absolute Gasteiger partial charge is 0.137 e. The Morgan fingerprint density at radius 3 is 2.36 bits per heavy atom. The highest BCUT2D eigenvalue weighted by Gasteiger charge is 2.21. The van der Waals surface area contributed by atoms with Crippen LogP contribution in [0, 0.1) is 17.8 Å². The predicted molar refractivity (Wildman–Crippen MR) is 117 cm³/mol. The van der Waals surface area contributed by atoms with Crippen LogP contribution in [0.5, 0.6) is 5.75 Å².